The molecule has 0 saturated carbocycles. The Bertz CT molecular complexity index is 749. The average Bonchev–Trinajstić information content (AvgIpc) is 2.39. The Kier molecular flexibility index (Phi) is 4.15. The maximum Gasteiger partial charge on any atom is 0.323 e. The molecule has 7 nitrogen and oxygen atoms in total. The third-order valence-electron chi connectivity index (χ3n) is 2.53. The second kappa shape index (κ2) is 5.71. The number of aromatic nitrogens is 2. The predicted octanol–water partition coefficient (Wildman–Crippen LogP) is 2.05. The van der Waals surface area contributed by atoms with Gasteiger partial charge in [0.05, 0.1) is 21.1 Å². The number of amides is 3. The van der Waals surface area contributed by atoms with Crippen molar-refractivity contribution in [2.24, 2.45) is 0 Å². The van der Waals surface area contributed by atoms with E-state index in [0.717, 1.165) is 0 Å². The van der Waals surface area contributed by atoms with E-state index >= 15 is 0 Å². The summed E-state index contributed by atoms with van der Waals surface area (Å²) < 4.78 is 0. The molecule has 2 rings (SSSR count). The molecule has 0 radical (unpaired) electrons. The van der Waals surface area contributed by atoms with Crippen LogP contribution in [-0.2, 0) is 0 Å². The van der Waals surface area contributed by atoms with Gasteiger partial charge >= 0.3 is 6.03 Å². The van der Waals surface area contributed by atoms with Crippen LogP contribution in [0.15, 0.2) is 12.1 Å². The fourth-order valence-corrected chi connectivity index (χ4v) is 1.78. The molecule has 0 aliphatic carbocycles. The number of imide groups is 1. The van der Waals surface area contributed by atoms with Crippen molar-refractivity contribution in [2.45, 2.75) is 0 Å². The Morgan fingerprint density at radius 1 is 1.14 bits per heavy atom. The summed E-state index contributed by atoms with van der Waals surface area (Å²) in [5.74, 6) is -1.48. The molecular weight excluding hydrogens is 319 g/mol. The minimum atomic E-state index is -0.869. The number of fused-ring (bicyclic) bond motifs is 1. The first kappa shape index (κ1) is 15.3. The third kappa shape index (κ3) is 3.14. The number of nitrogens with one attached hydrogen (secondary N) is 1. The van der Waals surface area contributed by atoms with Gasteiger partial charge in [-0.15, -0.1) is 0 Å². The highest BCUT2D eigenvalue weighted by Crippen LogP contribution is 2.27. The average molecular weight is 329 g/mol. The molecule has 0 bridgehead atoms. The summed E-state index contributed by atoms with van der Waals surface area (Å²) in [6.07, 6.45) is 0. The normalized spacial score (nSPS) is 10.5. The van der Waals surface area contributed by atoms with E-state index in [-0.39, 0.29) is 26.8 Å². The van der Waals surface area contributed by atoms with Crippen molar-refractivity contribution in [1.82, 2.24) is 20.2 Å². The Morgan fingerprint density at radius 2 is 1.67 bits per heavy atom. The molecule has 0 fully saturated rings. The molecule has 1 heterocycles. The summed E-state index contributed by atoms with van der Waals surface area (Å²) in [5, 5.41) is 12.3. The van der Waals surface area contributed by atoms with E-state index in [1.807, 2.05) is 0 Å². The SMILES string of the molecule is CN(C)C(=O)NC(=O)c1nc2cc(Cl)c(Cl)cc2nc1O. The van der Waals surface area contributed by atoms with Gasteiger partial charge in [0.25, 0.3) is 5.91 Å². The molecule has 1 aromatic carbocycles. The minimum Gasteiger partial charge on any atom is -0.492 e. The highest BCUT2D eigenvalue weighted by Gasteiger charge is 2.19. The summed E-state index contributed by atoms with van der Waals surface area (Å²) >= 11 is 11.7. The van der Waals surface area contributed by atoms with Crippen molar-refractivity contribution in [3.05, 3.63) is 27.9 Å². The van der Waals surface area contributed by atoms with Crippen molar-refractivity contribution in [3.8, 4) is 5.88 Å². The van der Waals surface area contributed by atoms with Gasteiger partial charge in [-0.2, -0.15) is 0 Å². The Morgan fingerprint density at radius 3 is 2.19 bits per heavy atom. The van der Waals surface area contributed by atoms with Crippen LogP contribution < -0.4 is 5.32 Å². The van der Waals surface area contributed by atoms with Gasteiger partial charge < -0.3 is 10.0 Å². The van der Waals surface area contributed by atoms with E-state index in [1.165, 1.54) is 31.1 Å². The topological polar surface area (TPSA) is 95.4 Å². The van der Waals surface area contributed by atoms with Crippen LogP contribution in [0.1, 0.15) is 10.5 Å². The molecule has 110 valence electrons. The molecule has 21 heavy (non-hydrogen) atoms. The van der Waals surface area contributed by atoms with E-state index in [2.05, 4.69) is 15.3 Å². The Labute approximate surface area is 129 Å². The van der Waals surface area contributed by atoms with Gasteiger partial charge in [0.2, 0.25) is 5.88 Å². The van der Waals surface area contributed by atoms with Crippen LogP contribution >= 0.6 is 23.2 Å². The molecule has 3 amide bonds. The quantitative estimate of drug-likeness (QED) is 0.835. The lowest BCUT2D eigenvalue weighted by molar-refractivity contribution is 0.0949. The van der Waals surface area contributed by atoms with E-state index < -0.39 is 17.8 Å². The number of nitrogens with zero attached hydrogens (tertiary/aromatic N) is 3. The van der Waals surface area contributed by atoms with Crippen LogP contribution in [0.5, 0.6) is 5.88 Å². The number of benzene rings is 1. The maximum atomic E-state index is 11.9. The number of hydrogen-bond donors (Lipinski definition) is 2. The Hall–Kier alpha value is -2.12. The third-order valence-corrected chi connectivity index (χ3v) is 3.25. The Balaban J connectivity index is 2.45. The van der Waals surface area contributed by atoms with E-state index in [1.54, 1.807) is 0 Å². The van der Waals surface area contributed by atoms with Crippen molar-refractivity contribution in [3.63, 3.8) is 0 Å². The minimum absolute atomic E-state index is 0.236. The van der Waals surface area contributed by atoms with Gasteiger partial charge in [0.1, 0.15) is 0 Å². The standard InChI is InChI=1S/C12H10Cl2N4O3/c1-18(2)12(21)17-11(20)9-10(19)16-8-4-6(14)5(13)3-7(8)15-9/h3-4H,1-2H3,(H,16,19)(H,17,20,21). The first-order valence-corrected chi connectivity index (χ1v) is 6.43. The number of rotatable bonds is 1. The number of hydrogen-bond acceptors (Lipinski definition) is 5. The highest BCUT2D eigenvalue weighted by atomic mass is 35.5. The van der Waals surface area contributed by atoms with Crippen LogP contribution in [0.25, 0.3) is 11.0 Å². The monoisotopic (exact) mass is 328 g/mol. The van der Waals surface area contributed by atoms with Gasteiger partial charge in [-0.1, -0.05) is 23.2 Å². The number of urea groups is 1. The molecule has 9 heteroatoms. The second-order valence-corrected chi connectivity index (χ2v) is 5.12. The summed E-state index contributed by atoms with van der Waals surface area (Å²) in [4.78, 5) is 32.3. The van der Waals surface area contributed by atoms with Crippen molar-refractivity contribution < 1.29 is 14.7 Å². The first-order chi connectivity index (χ1) is 9.79. The number of aromatic hydroxyl groups is 1. The lowest BCUT2D eigenvalue weighted by Gasteiger charge is -2.11. The van der Waals surface area contributed by atoms with E-state index in [4.69, 9.17) is 23.2 Å². The summed E-state index contributed by atoms with van der Waals surface area (Å²) in [6, 6.07) is 2.19. The lowest BCUT2D eigenvalue weighted by Crippen LogP contribution is -2.39. The van der Waals surface area contributed by atoms with Gasteiger partial charge in [0, 0.05) is 14.1 Å². The van der Waals surface area contributed by atoms with E-state index in [0.29, 0.717) is 0 Å². The second-order valence-electron chi connectivity index (χ2n) is 4.30. The van der Waals surface area contributed by atoms with Crippen LogP contribution in [0.2, 0.25) is 10.0 Å². The van der Waals surface area contributed by atoms with Crippen LogP contribution in [-0.4, -0.2) is 46.0 Å². The number of halogens is 2. The first-order valence-electron chi connectivity index (χ1n) is 5.68. The summed E-state index contributed by atoms with van der Waals surface area (Å²) in [6.45, 7) is 0. The molecule has 2 aromatic rings. The fourth-order valence-electron chi connectivity index (χ4n) is 1.46. The maximum absolute atomic E-state index is 11.9. The van der Waals surface area contributed by atoms with Crippen molar-refractivity contribution in [1.29, 1.82) is 0 Å². The van der Waals surface area contributed by atoms with Gasteiger partial charge in [-0.3, -0.25) is 10.1 Å². The molecule has 0 atom stereocenters. The highest BCUT2D eigenvalue weighted by molar-refractivity contribution is 6.42. The smallest absolute Gasteiger partial charge is 0.323 e. The largest absolute Gasteiger partial charge is 0.492 e. The fraction of sp³-hybridized carbons (Fsp3) is 0.167. The predicted molar refractivity (Wildman–Crippen MR) is 77.8 cm³/mol. The molecule has 2 N–H and O–H groups in total. The molecule has 0 unspecified atom stereocenters. The summed E-state index contributed by atoms with van der Waals surface area (Å²) in [7, 11) is 2.94. The van der Waals surface area contributed by atoms with Gasteiger partial charge in [-0.05, 0) is 12.1 Å². The zero-order valence-corrected chi connectivity index (χ0v) is 12.5. The molecule has 0 spiro atoms. The number of carbonyl (C=O) groups excluding carboxylic acids is 2. The van der Waals surface area contributed by atoms with Gasteiger partial charge in [-0.25, -0.2) is 14.8 Å². The van der Waals surface area contributed by atoms with Crippen molar-refractivity contribution >= 4 is 46.2 Å². The molecular formula is C12H10Cl2N4O3. The van der Waals surface area contributed by atoms with Crippen LogP contribution in [0.3, 0.4) is 0 Å². The van der Waals surface area contributed by atoms with Crippen LogP contribution in [0.4, 0.5) is 4.79 Å². The zero-order valence-electron chi connectivity index (χ0n) is 11.0. The molecule has 0 saturated heterocycles. The van der Waals surface area contributed by atoms with Gasteiger partial charge in [0.15, 0.2) is 5.69 Å². The summed E-state index contributed by atoms with van der Waals surface area (Å²) in [5.41, 5.74) is 0.165. The molecule has 1 aromatic heterocycles. The number of carbonyl (C=O) groups is 2. The zero-order chi connectivity index (χ0) is 15.7. The molecule has 0 aliphatic heterocycles. The lowest BCUT2D eigenvalue weighted by atomic mass is 10.3. The van der Waals surface area contributed by atoms with Crippen molar-refractivity contribution in [2.75, 3.05) is 14.1 Å². The van der Waals surface area contributed by atoms with Crippen LogP contribution in [0, 0.1) is 0 Å². The van der Waals surface area contributed by atoms with E-state index in [9.17, 15) is 14.7 Å². The molecule has 0 aliphatic rings.